The number of ether oxygens (including phenoxy) is 2. The fourth-order valence-electron chi connectivity index (χ4n) is 3.91. The highest BCUT2D eigenvalue weighted by Gasteiger charge is 2.40. The lowest BCUT2D eigenvalue weighted by molar-refractivity contribution is -0.120. The summed E-state index contributed by atoms with van der Waals surface area (Å²) >= 11 is 0. The molecular weight excluding hydrogens is 428 g/mol. The van der Waals surface area contributed by atoms with Gasteiger partial charge in [0, 0.05) is 6.07 Å². The van der Waals surface area contributed by atoms with Gasteiger partial charge in [-0.3, -0.25) is 9.59 Å². The minimum absolute atomic E-state index is 0.210. The Morgan fingerprint density at radius 2 is 1.56 bits per heavy atom. The van der Waals surface area contributed by atoms with Crippen LogP contribution in [-0.2, 0) is 9.59 Å². The molecule has 0 unspecified atom stereocenters. The van der Waals surface area contributed by atoms with Gasteiger partial charge in [-0.15, -0.1) is 0 Å². The lowest BCUT2D eigenvalue weighted by Crippen LogP contribution is -2.32. The number of imide groups is 1. The van der Waals surface area contributed by atoms with Gasteiger partial charge in [-0.2, -0.15) is 0 Å². The van der Waals surface area contributed by atoms with Gasteiger partial charge in [0.15, 0.2) is 0 Å². The van der Waals surface area contributed by atoms with Crippen molar-refractivity contribution >= 4 is 28.8 Å². The van der Waals surface area contributed by atoms with Gasteiger partial charge >= 0.3 is 0 Å². The summed E-state index contributed by atoms with van der Waals surface area (Å²) in [5.41, 5.74) is 4.43. The van der Waals surface area contributed by atoms with Gasteiger partial charge in [0.2, 0.25) is 0 Å². The summed E-state index contributed by atoms with van der Waals surface area (Å²) in [6.07, 6.45) is 0. The van der Waals surface area contributed by atoms with Gasteiger partial charge in [0.05, 0.1) is 30.2 Å². The summed E-state index contributed by atoms with van der Waals surface area (Å²) in [6.45, 7) is 8.74. The third-order valence-electron chi connectivity index (χ3n) is 5.71. The molecule has 2 amide bonds. The Morgan fingerprint density at radius 1 is 0.794 bits per heavy atom. The van der Waals surface area contributed by atoms with E-state index in [4.69, 9.17) is 9.47 Å². The highest BCUT2D eigenvalue weighted by molar-refractivity contribution is 6.46. The largest absolute Gasteiger partial charge is 0.494 e. The molecule has 4 rings (SSSR count). The molecule has 0 saturated heterocycles. The maximum absolute atomic E-state index is 13.7. The summed E-state index contributed by atoms with van der Waals surface area (Å²) < 4.78 is 11.3. The molecular formula is C28H28N2O4. The van der Waals surface area contributed by atoms with Crippen LogP contribution in [0, 0.1) is 13.8 Å². The number of aryl methyl sites for hydroxylation is 2. The Hall–Kier alpha value is -4.06. The zero-order valence-corrected chi connectivity index (χ0v) is 19.8. The monoisotopic (exact) mass is 456 g/mol. The molecule has 0 fully saturated rings. The lowest BCUT2D eigenvalue weighted by Gasteiger charge is -2.17. The van der Waals surface area contributed by atoms with Crippen LogP contribution in [0.3, 0.4) is 0 Å². The summed E-state index contributed by atoms with van der Waals surface area (Å²) in [5, 5.41) is 3.21. The molecule has 0 bridgehead atoms. The minimum atomic E-state index is -0.432. The lowest BCUT2D eigenvalue weighted by atomic mass is 9.99. The number of hydrogen-bond acceptors (Lipinski definition) is 5. The van der Waals surface area contributed by atoms with Gasteiger partial charge in [-0.05, 0) is 68.7 Å². The second-order valence-corrected chi connectivity index (χ2v) is 7.98. The third-order valence-corrected chi connectivity index (χ3v) is 5.71. The second kappa shape index (κ2) is 9.83. The van der Waals surface area contributed by atoms with Crippen molar-refractivity contribution in [2.45, 2.75) is 27.7 Å². The van der Waals surface area contributed by atoms with E-state index in [0.717, 1.165) is 11.1 Å². The standard InChI is InChI=1S/C28H28N2O4/c1-5-33-22-11-9-10-21(17-22)30-27(31)25(20-15-14-18(3)19(4)16-20)26(28(30)32)29-23-12-7-8-13-24(23)34-6-2/h7-17,29H,5-6H2,1-4H3. The van der Waals surface area contributed by atoms with Crippen LogP contribution in [-0.4, -0.2) is 25.0 Å². The molecule has 1 N–H and O–H groups in total. The topological polar surface area (TPSA) is 67.9 Å². The molecule has 3 aromatic carbocycles. The first-order valence-electron chi connectivity index (χ1n) is 11.4. The van der Waals surface area contributed by atoms with Crippen LogP contribution in [0.4, 0.5) is 11.4 Å². The molecule has 0 radical (unpaired) electrons. The zero-order chi connectivity index (χ0) is 24.2. The number of rotatable bonds is 8. The normalized spacial score (nSPS) is 13.5. The fraction of sp³-hybridized carbons (Fsp3) is 0.214. The van der Waals surface area contributed by atoms with Crippen molar-refractivity contribution in [3.05, 3.63) is 89.1 Å². The number of anilines is 2. The molecule has 0 saturated carbocycles. The van der Waals surface area contributed by atoms with Crippen molar-refractivity contribution < 1.29 is 19.1 Å². The number of carbonyl (C=O) groups is 2. The molecule has 0 atom stereocenters. The number of nitrogens with zero attached hydrogens (tertiary/aromatic N) is 1. The first-order valence-corrected chi connectivity index (χ1v) is 11.4. The molecule has 34 heavy (non-hydrogen) atoms. The molecule has 6 heteroatoms. The molecule has 6 nitrogen and oxygen atoms in total. The summed E-state index contributed by atoms with van der Waals surface area (Å²) in [7, 11) is 0. The van der Waals surface area contributed by atoms with E-state index in [1.165, 1.54) is 4.90 Å². The second-order valence-electron chi connectivity index (χ2n) is 7.98. The van der Waals surface area contributed by atoms with E-state index in [2.05, 4.69) is 5.32 Å². The molecule has 1 aliphatic rings. The Balaban J connectivity index is 1.83. The molecule has 1 heterocycles. The Labute approximate surface area is 199 Å². The predicted molar refractivity (Wildman–Crippen MR) is 134 cm³/mol. The van der Waals surface area contributed by atoms with E-state index in [-0.39, 0.29) is 5.70 Å². The average molecular weight is 457 g/mol. The molecule has 0 spiro atoms. The van der Waals surface area contributed by atoms with Crippen molar-refractivity contribution in [3.8, 4) is 11.5 Å². The van der Waals surface area contributed by atoms with Crippen LogP contribution in [0.1, 0.15) is 30.5 Å². The quantitative estimate of drug-likeness (QED) is 0.454. The van der Waals surface area contributed by atoms with Crippen LogP contribution < -0.4 is 19.7 Å². The first kappa shape index (κ1) is 23.1. The van der Waals surface area contributed by atoms with E-state index >= 15 is 0 Å². The van der Waals surface area contributed by atoms with E-state index in [1.54, 1.807) is 24.3 Å². The Kier molecular flexibility index (Phi) is 6.68. The number of carbonyl (C=O) groups excluding carboxylic acids is 2. The summed E-state index contributed by atoms with van der Waals surface area (Å²) in [6, 6.07) is 20.1. The van der Waals surface area contributed by atoms with Gasteiger partial charge in [-0.1, -0.05) is 36.4 Å². The highest BCUT2D eigenvalue weighted by Crippen LogP contribution is 2.37. The van der Waals surface area contributed by atoms with Gasteiger partial charge in [0.25, 0.3) is 11.8 Å². The first-order chi connectivity index (χ1) is 16.4. The molecule has 0 aromatic heterocycles. The number of benzene rings is 3. The molecule has 174 valence electrons. The van der Waals surface area contributed by atoms with Crippen LogP contribution in [0.15, 0.2) is 72.4 Å². The summed E-state index contributed by atoms with van der Waals surface area (Å²) in [5.74, 6) is 0.377. The third kappa shape index (κ3) is 4.39. The van der Waals surface area contributed by atoms with Gasteiger partial charge in [0.1, 0.15) is 17.2 Å². The Bertz CT molecular complexity index is 1280. The minimum Gasteiger partial charge on any atom is -0.494 e. The number of nitrogens with one attached hydrogen (secondary N) is 1. The average Bonchev–Trinajstić information content (AvgIpc) is 3.07. The SMILES string of the molecule is CCOc1cccc(N2C(=O)C(Nc3ccccc3OCC)=C(c3ccc(C)c(C)c3)C2=O)c1. The summed E-state index contributed by atoms with van der Waals surface area (Å²) in [4.78, 5) is 28.6. The van der Waals surface area contributed by atoms with Crippen LogP contribution in [0.25, 0.3) is 5.57 Å². The number of para-hydroxylation sites is 2. The predicted octanol–water partition coefficient (Wildman–Crippen LogP) is 5.50. The highest BCUT2D eigenvalue weighted by atomic mass is 16.5. The van der Waals surface area contributed by atoms with Crippen molar-refractivity contribution in [2.75, 3.05) is 23.4 Å². The maximum atomic E-state index is 13.7. The van der Waals surface area contributed by atoms with Crippen LogP contribution >= 0.6 is 0 Å². The van der Waals surface area contributed by atoms with Crippen LogP contribution in [0.5, 0.6) is 11.5 Å². The number of amides is 2. The van der Waals surface area contributed by atoms with E-state index in [0.29, 0.717) is 47.2 Å². The molecule has 0 aliphatic carbocycles. The van der Waals surface area contributed by atoms with Crippen LogP contribution in [0.2, 0.25) is 0 Å². The van der Waals surface area contributed by atoms with Gasteiger partial charge in [-0.25, -0.2) is 4.90 Å². The fourth-order valence-corrected chi connectivity index (χ4v) is 3.91. The maximum Gasteiger partial charge on any atom is 0.282 e. The van der Waals surface area contributed by atoms with E-state index < -0.39 is 11.8 Å². The smallest absolute Gasteiger partial charge is 0.282 e. The zero-order valence-electron chi connectivity index (χ0n) is 19.8. The van der Waals surface area contributed by atoms with Crippen molar-refractivity contribution in [3.63, 3.8) is 0 Å². The molecule has 1 aliphatic heterocycles. The van der Waals surface area contributed by atoms with E-state index in [1.807, 2.05) is 70.2 Å². The number of hydrogen-bond donors (Lipinski definition) is 1. The Morgan fingerprint density at radius 3 is 2.29 bits per heavy atom. The van der Waals surface area contributed by atoms with Crippen molar-refractivity contribution in [2.24, 2.45) is 0 Å². The van der Waals surface area contributed by atoms with E-state index in [9.17, 15) is 9.59 Å². The van der Waals surface area contributed by atoms with Gasteiger partial charge < -0.3 is 14.8 Å². The van der Waals surface area contributed by atoms with Crippen molar-refractivity contribution in [1.82, 2.24) is 0 Å². The molecule has 3 aromatic rings. The van der Waals surface area contributed by atoms with Crippen molar-refractivity contribution in [1.29, 1.82) is 0 Å².